The van der Waals surface area contributed by atoms with Crippen LogP contribution in [0.5, 0.6) is 11.5 Å². The second kappa shape index (κ2) is 8.57. The first-order chi connectivity index (χ1) is 16.0. The number of ether oxygens (including phenoxy) is 2. The van der Waals surface area contributed by atoms with E-state index in [1.807, 2.05) is 35.9 Å². The number of aryl methyl sites for hydroxylation is 2. The maximum Gasteiger partial charge on any atom is 0.226 e. The van der Waals surface area contributed by atoms with E-state index in [4.69, 9.17) is 9.47 Å². The van der Waals surface area contributed by atoms with Crippen LogP contribution in [-0.2, 0) is 7.05 Å². The van der Waals surface area contributed by atoms with Crippen molar-refractivity contribution in [1.82, 2.24) is 24.3 Å². The highest BCUT2D eigenvalue weighted by Gasteiger charge is 2.22. The molecule has 4 aromatic rings. The summed E-state index contributed by atoms with van der Waals surface area (Å²) in [4.78, 5) is 8.84. The summed E-state index contributed by atoms with van der Waals surface area (Å²) in [6.45, 7) is 2.59. The van der Waals surface area contributed by atoms with Crippen molar-refractivity contribution in [2.45, 2.75) is 19.8 Å². The van der Waals surface area contributed by atoms with Gasteiger partial charge in [0.15, 0.2) is 5.82 Å². The fraction of sp³-hybridized carbons (Fsp3) is 0.292. The summed E-state index contributed by atoms with van der Waals surface area (Å²) >= 11 is 0. The molecule has 0 amide bonds. The highest BCUT2D eigenvalue weighted by Crippen LogP contribution is 2.32. The van der Waals surface area contributed by atoms with Gasteiger partial charge in [-0.05, 0) is 56.0 Å². The average Bonchev–Trinajstić information content (AvgIpc) is 3.44. The van der Waals surface area contributed by atoms with Crippen molar-refractivity contribution in [2.24, 2.45) is 13.0 Å². The number of aromatic nitrogens is 5. The summed E-state index contributed by atoms with van der Waals surface area (Å²) in [6, 6.07) is 10.4. The molecule has 2 heterocycles. The number of nitrogens with one attached hydrogen (secondary N) is 1. The van der Waals surface area contributed by atoms with Crippen molar-refractivity contribution in [2.75, 3.05) is 19.0 Å². The summed E-state index contributed by atoms with van der Waals surface area (Å²) < 4.78 is 29.3. The van der Waals surface area contributed by atoms with Crippen molar-refractivity contribution < 1.29 is 13.9 Å². The van der Waals surface area contributed by atoms with Crippen molar-refractivity contribution in [3.8, 4) is 28.6 Å². The molecule has 0 aliphatic heterocycles. The Morgan fingerprint density at radius 2 is 2.03 bits per heavy atom. The third-order valence-electron chi connectivity index (χ3n) is 5.56. The Morgan fingerprint density at radius 3 is 2.76 bits per heavy atom. The molecule has 1 aliphatic carbocycles. The van der Waals surface area contributed by atoms with Crippen molar-refractivity contribution in [3.63, 3.8) is 0 Å². The van der Waals surface area contributed by atoms with E-state index in [1.165, 1.54) is 18.9 Å². The Hall–Kier alpha value is -3.88. The molecule has 8 nitrogen and oxygen atoms in total. The summed E-state index contributed by atoms with van der Waals surface area (Å²) in [6.07, 6.45) is 6.06. The lowest BCUT2D eigenvalue weighted by Gasteiger charge is -2.10. The smallest absolute Gasteiger partial charge is 0.226 e. The zero-order valence-corrected chi connectivity index (χ0v) is 18.7. The second-order valence-electron chi connectivity index (χ2n) is 8.21. The molecule has 2 aromatic carbocycles. The molecule has 2 aromatic heterocycles. The Kier molecular flexibility index (Phi) is 5.45. The summed E-state index contributed by atoms with van der Waals surface area (Å²) in [5.41, 5.74) is 2.84. The molecule has 170 valence electrons. The van der Waals surface area contributed by atoms with Crippen LogP contribution in [0.4, 0.5) is 16.0 Å². The predicted molar refractivity (Wildman–Crippen MR) is 123 cm³/mol. The van der Waals surface area contributed by atoms with Gasteiger partial charge in [0.05, 0.1) is 37.1 Å². The minimum atomic E-state index is -0.389. The SMILES string of the molecule is COc1cc(-c2nc(Nc3cc(OCC4CC4)ccc3F)n(C)n2)ccc1-n1cnc(C)c1. The number of rotatable bonds is 8. The number of imidazole rings is 1. The van der Waals surface area contributed by atoms with Crippen LogP contribution in [0.3, 0.4) is 0 Å². The van der Waals surface area contributed by atoms with Crippen LogP contribution in [-0.4, -0.2) is 38.0 Å². The standard InChI is InChI=1S/C24H25FN6O2/c1-15-12-31(14-26-15)21-9-6-17(10-22(21)32-3)23-28-24(30(2)29-23)27-20-11-18(7-8-19(20)25)33-13-16-4-5-16/h6-12,14,16H,4-5,13H2,1-3H3,(H,27,28,29). The molecule has 5 rings (SSSR count). The molecular formula is C24H25FN6O2. The Labute approximate surface area is 191 Å². The van der Waals surface area contributed by atoms with Crippen LogP contribution >= 0.6 is 0 Å². The van der Waals surface area contributed by atoms with Gasteiger partial charge in [0, 0.05) is 24.9 Å². The fourth-order valence-electron chi connectivity index (χ4n) is 3.51. The minimum Gasteiger partial charge on any atom is -0.495 e. The van der Waals surface area contributed by atoms with Crippen molar-refractivity contribution >= 4 is 11.6 Å². The largest absolute Gasteiger partial charge is 0.495 e. The quantitative estimate of drug-likeness (QED) is 0.423. The average molecular weight is 449 g/mol. The maximum atomic E-state index is 14.4. The molecule has 1 fully saturated rings. The Morgan fingerprint density at radius 1 is 1.18 bits per heavy atom. The molecule has 33 heavy (non-hydrogen) atoms. The van der Waals surface area contributed by atoms with E-state index in [1.54, 1.807) is 37.3 Å². The first-order valence-corrected chi connectivity index (χ1v) is 10.8. The van der Waals surface area contributed by atoms with Gasteiger partial charge in [0.25, 0.3) is 0 Å². The van der Waals surface area contributed by atoms with Gasteiger partial charge in [0.2, 0.25) is 5.95 Å². The molecular weight excluding hydrogens is 423 g/mol. The van der Waals surface area contributed by atoms with E-state index in [2.05, 4.69) is 20.4 Å². The van der Waals surface area contributed by atoms with Crippen LogP contribution in [0, 0.1) is 18.7 Å². The molecule has 0 saturated heterocycles. The molecule has 1 N–H and O–H groups in total. The van der Waals surface area contributed by atoms with Crippen molar-refractivity contribution in [1.29, 1.82) is 0 Å². The number of anilines is 2. The van der Waals surface area contributed by atoms with Gasteiger partial charge in [-0.2, -0.15) is 4.98 Å². The molecule has 0 atom stereocenters. The lowest BCUT2D eigenvalue weighted by atomic mass is 10.1. The number of methoxy groups -OCH3 is 1. The number of hydrogen-bond acceptors (Lipinski definition) is 6. The van der Waals surface area contributed by atoms with Gasteiger partial charge in [-0.15, -0.1) is 5.10 Å². The van der Waals surface area contributed by atoms with Gasteiger partial charge in [0.1, 0.15) is 17.3 Å². The monoisotopic (exact) mass is 448 g/mol. The summed E-state index contributed by atoms with van der Waals surface area (Å²) in [5, 5.41) is 7.53. The highest BCUT2D eigenvalue weighted by atomic mass is 19.1. The van der Waals surface area contributed by atoms with E-state index in [-0.39, 0.29) is 11.5 Å². The van der Waals surface area contributed by atoms with E-state index in [0.29, 0.717) is 35.8 Å². The molecule has 0 bridgehead atoms. The Bertz CT molecular complexity index is 1290. The van der Waals surface area contributed by atoms with Crippen LogP contribution < -0.4 is 14.8 Å². The normalized spacial score (nSPS) is 13.2. The lowest BCUT2D eigenvalue weighted by Crippen LogP contribution is -2.03. The summed E-state index contributed by atoms with van der Waals surface area (Å²) in [5.74, 6) is 2.43. The van der Waals surface area contributed by atoms with Gasteiger partial charge in [-0.25, -0.2) is 14.1 Å². The van der Waals surface area contributed by atoms with Gasteiger partial charge >= 0.3 is 0 Å². The molecule has 0 radical (unpaired) electrons. The van der Waals surface area contributed by atoms with Gasteiger partial charge in [-0.1, -0.05) is 0 Å². The fourth-order valence-corrected chi connectivity index (χ4v) is 3.51. The number of benzene rings is 2. The van der Waals surface area contributed by atoms with E-state index in [9.17, 15) is 4.39 Å². The Balaban J connectivity index is 1.39. The molecule has 1 saturated carbocycles. The first kappa shape index (κ1) is 21.0. The van der Waals surface area contributed by atoms with E-state index in [0.717, 1.165) is 16.9 Å². The number of halogens is 1. The molecule has 0 unspecified atom stereocenters. The van der Waals surface area contributed by atoms with Crippen LogP contribution in [0.25, 0.3) is 17.1 Å². The molecule has 1 aliphatic rings. The first-order valence-electron chi connectivity index (χ1n) is 10.8. The zero-order valence-electron chi connectivity index (χ0n) is 18.7. The predicted octanol–water partition coefficient (Wildman–Crippen LogP) is 4.66. The third kappa shape index (κ3) is 4.52. The van der Waals surface area contributed by atoms with Crippen molar-refractivity contribution in [3.05, 3.63) is 60.4 Å². The highest BCUT2D eigenvalue weighted by molar-refractivity contribution is 5.65. The zero-order chi connectivity index (χ0) is 22.9. The third-order valence-corrected chi connectivity index (χ3v) is 5.56. The molecule has 9 heteroatoms. The van der Waals surface area contributed by atoms with E-state index < -0.39 is 0 Å². The minimum absolute atomic E-state index is 0.286. The number of nitrogens with zero attached hydrogens (tertiary/aromatic N) is 5. The van der Waals surface area contributed by atoms with Crippen LogP contribution in [0.1, 0.15) is 18.5 Å². The van der Waals surface area contributed by atoms with E-state index >= 15 is 0 Å². The number of hydrogen-bond donors (Lipinski definition) is 1. The lowest BCUT2D eigenvalue weighted by molar-refractivity contribution is 0.299. The second-order valence-corrected chi connectivity index (χ2v) is 8.21. The topological polar surface area (TPSA) is 79.0 Å². The van der Waals surface area contributed by atoms with Gasteiger partial charge < -0.3 is 19.4 Å². The molecule has 0 spiro atoms. The van der Waals surface area contributed by atoms with Crippen LogP contribution in [0.2, 0.25) is 0 Å². The maximum absolute atomic E-state index is 14.4. The van der Waals surface area contributed by atoms with Crippen LogP contribution in [0.15, 0.2) is 48.9 Å². The van der Waals surface area contributed by atoms with Gasteiger partial charge in [-0.3, -0.25) is 0 Å². The summed E-state index contributed by atoms with van der Waals surface area (Å²) in [7, 11) is 3.37.